The summed E-state index contributed by atoms with van der Waals surface area (Å²) in [6.07, 6.45) is 3.59. The van der Waals surface area contributed by atoms with Crippen LogP contribution in [-0.4, -0.2) is 27.4 Å². The van der Waals surface area contributed by atoms with Crippen molar-refractivity contribution in [3.8, 4) is 17.0 Å². The van der Waals surface area contributed by atoms with E-state index in [1.807, 2.05) is 18.2 Å². The molecule has 2 N–H and O–H groups in total. The summed E-state index contributed by atoms with van der Waals surface area (Å²) in [5.41, 5.74) is 1.42. The summed E-state index contributed by atoms with van der Waals surface area (Å²) < 4.78 is 6.84. The quantitative estimate of drug-likeness (QED) is 0.896. The molecular weight excluding hydrogens is 324 g/mol. The molecule has 5 nitrogen and oxygen atoms in total. The normalized spacial score (nSPS) is 14.8. The molecule has 0 unspecified atom stereocenters. The van der Waals surface area contributed by atoms with Crippen LogP contribution in [0.25, 0.3) is 11.3 Å². The minimum Gasteiger partial charge on any atom is -0.490 e. The van der Waals surface area contributed by atoms with E-state index in [4.69, 9.17) is 9.84 Å². The van der Waals surface area contributed by atoms with Crippen LogP contribution in [0.1, 0.15) is 29.8 Å². The standard InChI is InChI=1S/C14H13BrN2O3/c15-8-4-5-13(20-9-2-1-3-9)10(6-8)11-7-12(14(18)19)17-16-11/h4-7,9H,1-3H2,(H,16,17)(H,18,19). The SMILES string of the molecule is O=C(O)c1cc(-c2cc(Br)ccc2OC2CCC2)n[nH]1. The van der Waals surface area contributed by atoms with Crippen molar-refractivity contribution in [3.63, 3.8) is 0 Å². The van der Waals surface area contributed by atoms with Gasteiger partial charge in [0.2, 0.25) is 0 Å². The third kappa shape index (κ3) is 2.56. The Labute approximate surface area is 124 Å². The first-order valence-corrected chi connectivity index (χ1v) is 7.18. The number of rotatable bonds is 4. The van der Waals surface area contributed by atoms with Crippen LogP contribution in [0.3, 0.4) is 0 Å². The van der Waals surface area contributed by atoms with Crippen molar-refractivity contribution in [2.75, 3.05) is 0 Å². The molecule has 1 saturated carbocycles. The molecule has 104 valence electrons. The van der Waals surface area contributed by atoms with E-state index in [1.54, 1.807) is 0 Å². The van der Waals surface area contributed by atoms with Crippen LogP contribution in [0, 0.1) is 0 Å². The third-order valence-corrected chi connectivity index (χ3v) is 3.86. The number of aromatic carboxylic acids is 1. The average Bonchev–Trinajstić information content (AvgIpc) is 2.84. The number of carboxylic acids is 1. The maximum Gasteiger partial charge on any atom is 0.353 e. The molecule has 1 fully saturated rings. The van der Waals surface area contributed by atoms with E-state index in [0.29, 0.717) is 5.69 Å². The number of carbonyl (C=O) groups is 1. The smallest absolute Gasteiger partial charge is 0.353 e. The highest BCUT2D eigenvalue weighted by atomic mass is 79.9. The number of hydrogen-bond donors (Lipinski definition) is 2. The predicted molar refractivity (Wildman–Crippen MR) is 77.0 cm³/mol. The zero-order chi connectivity index (χ0) is 14.1. The average molecular weight is 337 g/mol. The van der Waals surface area contributed by atoms with E-state index in [0.717, 1.165) is 28.6 Å². The van der Waals surface area contributed by atoms with Crippen LogP contribution in [0.5, 0.6) is 5.75 Å². The molecule has 0 radical (unpaired) electrons. The van der Waals surface area contributed by atoms with Crippen molar-refractivity contribution >= 4 is 21.9 Å². The minimum atomic E-state index is -1.03. The number of hydrogen-bond acceptors (Lipinski definition) is 3. The molecule has 0 amide bonds. The Balaban J connectivity index is 1.96. The van der Waals surface area contributed by atoms with Crippen molar-refractivity contribution < 1.29 is 14.6 Å². The number of nitrogens with zero attached hydrogens (tertiary/aromatic N) is 1. The molecule has 0 spiro atoms. The second kappa shape index (κ2) is 5.28. The van der Waals surface area contributed by atoms with Gasteiger partial charge in [0, 0.05) is 10.0 Å². The largest absolute Gasteiger partial charge is 0.490 e. The molecule has 1 aliphatic carbocycles. The highest BCUT2D eigenvalue weighted by Crippen LogP contribution is 2.35. The van der Waals surface area contributed by atoms with Crippen LogP contribution in [0.4, 0.5) is 0 Å². The van der Waals surface area contributed by atoms with Gasteiger partial charge in [0.05, 0.1) is 11.8 Å². The lowest BCUT2D eigenvalue weighted by atomic mass is 9.96. The van der Waals surface area contributed by atoms with E-state index in [2.05, 4.69) is 26.1 Å². The molecule has 2 aromatic rings. The van der Waals surface area contributed by atoms with Crippen LogP contribution in [-0.2, 0) is 0 Å². The van der Waals surface area contributed by atoms with E-state index < -0.39 is 5.97 Å². The summed E-state index contributed by atoms with van der Waals surface area (Å²) in [5.74, 6) is -0.290. The molecule has 0 saturated heterocycles. The van der Waals surface area contributed by atoms with Crippen LogP contribution in [0.15, 0.2) is 28.7 Å². The number of aromatic nitrogens is 2. The molecular formula is C14H13BrN2O3. The Hall–Kier alpha value is -1.82. The number of benzene rings is 1. The van der Waals surface area contributed by atoms with Gasteiger partial charge in [-0.3, -0.25) is 5.10 Å². The van der Waals surface area contributed by atoms with Gasteiger partial charge in [-0.15, -0.1) is 0 Å². The van der Waals surface area contributed by atoms with Crippen molar-refractivity contribution in [2.45, 2.75) is 25.4 Å². The number of ether oxygens (including phenoxy) is 1. The van der Waals surface area contributed by atoms with E-state index in [-0.39, 0.29) is 11.8 Å². The topological polar surface area (TPSA) is 75.2 Å². The molecule has 20 heavy (non-hydrogen) atoms. The molecule has 3 rings (SSSR count). The summed E-state index contributed by atoms with van der Waals surface area (Å²) in [6, 6.07) is 7.18. The number of H-pyrrole nitrogens is 1. The highest BCUT2D eigenvalue weighted by molar-refractivity contribution is 9.10. The molecule has 1 aromatic carbocycles. The highest BCUT2D eigenvalue weighted by Gasteiger charge is 2.21. The second-order valence-electron chi connectivity index (χ2n) is 4.78. The van der Waals surface area contributed by atoms with Crippen molar-refractivity contribution in [1.29, 1.82) is 0 Å². The van der Waals surface area contributed by atoms with Gasteiger partial charge in [-0.05, 0) is 43.5 Å². The zero-order valence-electron chi connectivity index (χ0n) is 10.6. The van der Waals surface area contributed by atoms with Crippen LogP contribution >= 0.6 is 15.9 Å². The van der Waals surface area contributed by atoms with E-state index in [1.165, 1.54) is 12.5 Å². The Morgan fingerprint density at radius 2 is 2.20 bits per heavy atom. The maximum absolute atomic E-state index is 10.9. The summed E-state index contributed by atoms with van der Waals surface area (Å²) in [7, 11) is 0. The van der Waals surface area contributed by atoms with E-state index >= 15 is 0 Å². The van der Waals surface area contributed by atoms with Gasteiger partial charge in [0.15, 0.2) is 0 Å². The maximum atomic E-state index is 10.9. The third-order valence-electron chi connectivity index (χ3n) is 3.37. The molecule has 1 heterocycles. The Morgan fingerprint density at radius 1 is 1.40 bits per heavy atom. The van der Waals surface area contributed by atoms with Gasteiger partial charge in [0.25, 0.3) is 0 Å². The monoisotopic (exact) mass is 336 g/mol. The van der Waals surface area contributed by atoms with E-state index in [9.17, 15) is 4.79 Å². The van der Waals surface area contributed by atoms with Crippen LogP contribution < -0.4 is 4.74 Å². The molecule has 0 atom stereocenters. The van der Waals surface area contributed by atoms with Gasteiger partial charge >= 0.3 is 5.97 Å². The number of carboxylic acid groups (broad SMARTS) is 1. The minimum absolute atomic E-state index is 0.0644. The lowest BCUT2D eigenvalue weighted by Crippen LogP contribution is -2.24. The van der Waals surface area contributed by atoms with Crippen molar-refractivity contribution in [1.82, 2.24) is 10.2 Å². The molecule has 0 bridgehead atoms. The Bertz CT molecular complexity index is 650. The Kier molecular flexibility index (Phi) is 3.48. The zero-order valence-corrected chi connectivity index (χ0v) is 12.2. The fourth-order valence-corrected chi connectivity index (χ4v) is 2.40. The second-order valence-corrected chi connectivity index (χ2v) is 5.70. The lowest BCUT2D eigenvalue weighted by Gasteiger charge is -2.27. The molecule has 6 heteroatoms. The summed E-state index contributed by atoms with van der Waals surface area (Å²) >= 11 is 3.42. The number of aromatic amines is 1. The number of halogens is 1. The fraction of sp³-hybridized carbons (Fsp3) is 0.286. The summed E-state index contributed by atoms with van der Waals surface area (Å²) in [4.78, 5) is 10.9. The first-order valence-electron chi connectivity index (χ1n) is 6.39. The molecule has 1 aromatic heterocycles. The number of nitrogens with one attached hydrogen (secondary N) is 1. The molecule has 1 aliphatic rings. The van der Waals surface area contributed by atoms with Gasteiger partial charge in [-0.25, -0.2) is 4.79 Å². The predicted octanol–water partition coefficient (Wildman–Crippen LogP) is 3.47. The summed E-state index contributed by atoms with van der Waals surface area (Å²) in [5, 5.41) is 15.5. The first-order chi connectivity index (χ1) is 9.63. The first kappa shape index (κ1) is 13.2. The van der Waals surface area contributed by atoms with Gasteiger partial charge in [-0.2, -0.15) is 5.10 Å². The Morgan fingerprint density at radius 3 is 2.80 bits per heavy atom. The van der Waals surface area contributed by atoms with Gasteiger partial charge in [0.1, 0.15) is 11.4 Å². The lowest BCUT2D eigenvalue weighted by molar-refractivity contribution is 0.0690. The van der Waals surface area contributed by atoms with Crippen molar-refractivity contribution in [3.05, 3.63) is 34.4 Å². The van der Waals surface area contributed by atoms with Crippen molar-refractivity contribution in [2.24, 2.45) is 0 Å². The van der Waals surface area contributed by atoms with Gasteiger partial charge < -0.3 is 9.84 Å². The van der Waals surface area contributed by atoms with Gasteiger partial charge in [-0.1, -0.05) is 15.9 Å². The fourth-order valence-electron chi connectivity index (χ4n) is 2.04. The summed E-state index contributed by atoms with van der Waals surface area (Å²) in [6.45, 7) is 0. The van der Waals surface area contributed by atoms with Crippen LogP contribution in [0.2, 0.25) is 0 Å². The molecule has 0 aliphatic heterocycles.